The van der Waals surface area contributed by atoms with E-state index in [1.165, 1.54) is 24.0 Å². The molecule has 3 rings (SSSR count). The van der Waals surface area contributed by atoms with Crippen molar-refractivity contribution in [2.24, 2.45) is 0 Å². The summed E-state index contributed by atoms with van der Waals surface area (Å²) in [5, 5.41) is 12.7. The van der Waals surface area contributed by atoms with Gasteiger partial charge < -0.3 is 24.4 Å². The van der Waals surface area contributed by atoms with Gasteiger partial charge in [-0.15, -0.1) is 11.8 Å². The number of hydrogen-bond acceptors (Lipinski definition) is 10. The highest BCUT2D eigenvalue weighted by atomic mass is 32.2. The lowest BCUT2D eigenvalue weighted by Crippen LogP contribution is -2.74. The van der Waals surface area contributed by atoms with E-state index >= 15 is 0 Å². The van der Waals surface area contributed by atoms with Crippen molar-refractivity contribution in [3.63, 3.8) is 0 Å². The number of benzene rings is 1. The van der Waals surface area contributed by atoms with Gasteiger partial charge in [0.05, 0.1) is 17.2 Å². The van der Waals surface area contributed by atoms with Crippen LogP contribution in [0.25, 0.3) is 0 Å². The maximum atomic E-state index is 12.9. The van der Waals surface area contributed by atoms with Crippen LogP contribution in [0.3, 0.4) is 0 Å². The summed E-state index contributed by atoms with van der Waals surface area (Å²) in [5.41, 5.74) is 0.577. The standard InChI is InChI=1S/C21H19N3O8S/c1-11(25)30-8-14-9-33-20-16(23-18(27)15-6-4-3-5-13(15)7-22)19(28)24(20)17(14)21(29)32-10-31-12(2)26/h3-6,9,16-17,20H,8,10H2,1-2H3,(H,23,27)/t16?,17?,20-/m1/s1. The Bertz CT molecular complexity index is 1080. The van der Waals surface area contributed by atoms with Gasteiger partial charge in [-0.25, -0.2) is 4.79 Å². The number of nitriles is 1. The van der Waals surface area contributed by atoms with Gasteiger partial charge in [-0.2, -0.15) is 5.26 Å². The minimum absolute atomic E-state index is 0.121. The molecule has 0 radical (unpaired) electrons. The number of esters is 3. The van der Waals surface area contributed by atoms with E-state index in [1.54, 1.807) is 17.5 Å². The molecule has 33 heavy (non-hydrogen) atoms. The third kappa shape index (κ3) is 5.15. The highest BCUT2D eigenvalue weighted by Gasteiger charge is 2.56. The number of ether oxygens (including phenoxy) is 3. The van der Waals surface area contributed by atoms with Gasteiger partial charge in [-0.05, 0) is 17.5 Å². The van der Waals surface area contributed by atoms with Gasteiger partial charge in [-0.1, -0.05) is 12.1 Å². The van der Waals surface area contributed by atoms with E-state index in [9.17, 15) is 29.2 Å². The molecule has 2 unspecified atom stereocenters. The molecule has 1 saturated heterocycles. The average Bonchev–Trinajstić information content (AvgIpc) is 2.79. The quantitative estimate of drug-likeness (QED) is 0.336. The van der Waals surface area contributed by atoms with Gasteiger partial charge in [0.2, 0.25) is 12.7 Å². The summed E-state index contributed by atoms with van der Waals surface area (Å²) in [6.45, 7) is 1.45. The monoisotopic (exact) mass is 473 g/mol. The Morgan fingerprint density at radius 1 is 1.12 bits per heavy atom. The molecule has 1 aromatic carbocycles. The molecule has 2 aliphatic heterocycles. The van der Waals surface area contributed by atoms with Gasteiger partial charge in [0, 0.05) is 19.4 Å². The number of rotatable bonds is 7. The fourth-order valence-electron chi connectivity index (χ4n) is 3.25. The van der Waals surface area contributed by atoms with Gasteiger partial charge >= 0.3 is 17.9 Å². The number of β-lactam (4-membered cyclic amide) rings is 1. The Hall–Kier alpha value is -3.85. The van der Waals surface area contributed by atoms with Crippen LogP contribution in [-0.4, -0.2) is 65.5 Å². The van der Waals surface area contributed by atoms with Crippen molar-refractivity contribution in [1.29, 1.82) is 5.26 Å². The topological polar surface area (TPSA) is 152 Å². The molecule has 2 heterocycles. The Kier molecular flexibility index (Phi) is 7.34. The number of carbonyl (C=O) groups excluding carboxylic acids is 5. The average molecular weight is 473 g/mol. The van der Waals surface area contributed by atoms with Gasteiger partial charge in [-0.3, -0.25) is 19.2 Å². The van der Waals surface area contributed by atoms with Crippen molar-refractivity contribution >= 4 is 41.5 Å². The first kappa shape index (κ1) is 23.8. The molecule has 0 bridgehead atoms. The summed E-state index contributed by atoms with van der Waals surface area (Å²) in [7, 11) is 0. The number of hydrogen-bond donors (Lipinski definition) is 1. The summed E-state index contributed by atoms with van der Waals surface area (Å²) in [5.74, 6) is -3.28. The third-order valence-corrected chi connectivity index (χ3v) is 5.99. The molecule has 0 aromatic heterocycles. The molecule has 172 valence electrons. The second-order valence-electron chi connectivity index (χ2n) is 6.97. The van der Waals surface area contributed by atoms with Crippen molar-refractivity contribution in [3.8, 4) is 6.07 Å². The molecule has 0 spiro atoms. The zero-order chi connectivity index (χ0) is 24.1. The molecule has 2 aliphatic rings. The molecule has 12 heteroatoms. The number of nitrogens with one attached hydrogen (secondary N) is 1. The normalized spacial score (nSPS) is 20.9. The van der Waals surface area contributed by atoms with Crippen LogP contribution in [-0.2, 0) is 33.4 Å². The Labute approximate surface area is 192 Å². The Balaban J connectivity index is 1.77. The van der Waals surface area contributed by atoms with Crippen LogP contribution < -0.4 is 5.32 Å². The van der Waals surface area contributed by atoms with Crippen molar-refractivity contribution in [2.45, 2.75) is 31.3 Å². The van der Waals surface area contributed by atoms with Gasteiger partial charge in [0.25, 0.3) is 5.91 Å². The number of fused-ring (bicyclic) bond motifs is 1. The summed E-state index contributed by atoms with van der Waals surface area (Å²) in [6, 6.07) is 5.91. The molecule has 1 fully saturated rings. The molecular weight excluding hydrogens is 454 g/mol. The van der Waals surface area contributed by atoms with Crippen LogP contribution in [0.2, 0.25) is 0 Å². The zero-order valence-corrected chi connectivity index (χ0v) is 18.4. The fourth-order valence-corrected chi connectivity index (χ4v) is 4.46. The van der Waals surface area contributed by atoms with E-state index in [0.717, 1.165) is 18.7 Å². The van der Waals surface area contributed by atoms with E-state index in [-0.39, 0.29) is 17.7 Å². The highest BCUT2D eigenvalue weighted by molar-refractivity contribution is 8.02. The number of carbonyl (C=O) groups is 5. The maximum absolute atomic E-state index is 12.9. The second-order valence-corrected chi connectivity index (χ2v) is 7.96. The van der Waals surface area contributed by atoms with E-state index in [0.29, 0.717) is 5.57 Å². The van der Waals surface area contributed by atoms with Crippen LogP contribution in [0, 0.1) is 11.3 Å². The smallest absolute Gasteiger partial charge is 0.336 e. The molecule has 11 nitrogen and oxygen atoms in total. The fraction of sp³-hybridized carbons (Fsp3) is 0.333. The number of thioether (sulfide) groups is 1. The van der Waals surface area contributed by atoms with Crippen LogP contribution in [0.4, 0.5) is 0 Å². The lowest BCUT2D eigenvalue weighted by atomic mass is 9.97. The molecule has 3 atom stereocenters. The van der Waals surface area contributed by atoms with Crippen molar-refractivity contribution in [3.05, 3.63) is 46.4 Å². The van der Waals surface area contributed by atoms with E-state index in [4.69, 9.17) is 9.47 Å². The van der Waals surface area contributed by atoms with Crippen molar-refractivity contribution in [1.82, 2.24) is 10.2 Å². The molecule has 2 amide bonds. The minimum Gasteiger partial charge on any atom is -0.461 e. The predicted molar refractivity (Wildman–Crippen MR) is 112 cm³/mol. The highest BCUT2D eigenvalue weighted by Crippen LogP contribution is 2.40. The van der Waals surface area contributed by atoms with E-state index < -0.39 is 54.0 Å². The van der Waals surface area contributed by atoms with Gasteiger partial charge in [0.15, 0.2) is 6.04 Å². The first-order chi connectivity index (χ1) is 15.7. The zero-order valence-electron chi connectivity index (χ0n) is 17.6. The molecule has 0 saturated carbocycles. The van der Waals surface area contributed by atoms with Crippen LogP contribution in [0.5, 0.6) is 0 Å². The number of nitrogens with zero attached hydrogens (tertiary/aromatic N) is 2. The maximum Gasteiger partial charge on any atom is 0.336 e. The lowest BCUT2D eigenvalue weighted by Gasteiger charge is -2.51. The predicted octanol–water partition coefficient (Wildman–Crippen LogP) is 0.451. The lowest BCUT2D eigenvalue weighted by molar-refractivity contribution is -0.174. The summed E-state index contributed by atoms with van der Waals surface area (Å²) in [6.07, 6.45) is 0. The van der Waals surface area contributed by atoms with Crippen LogP contribution >= 0.6 is 11.8 Å². The van der Waals surface area contributed by atoms with Crippen LogP contribution in [0.15, 0.2) is 35.2 Å². The van der Waals surface area contributed by atoms with E-state index in [2.05, 4.69) is 10.1 Å². The molecule has 0 aliphatic carbocycles. The first-order valence-corrected chi connectivity index (χ1v) is 10.6. The Morgan fingerprint density at radius 3 is 2.48 bits per heavy atom. The summed E-state index contributed by atoms with van der Waals surface area (Å²) >= 11 is 1.16. The first-order valence-electron chi connectivity index (χ1n) is 9.64. The molecular formula is C21H19N3O8S. The van der Waals surface area contributed by atoms with Crippen LogP contribution in [0.1, 0.15) is 29.8 Å². The van der Waals surface area contributed by atoms with Crippen molar-refractivity contribution < 1.29 is 38.2 Å². The Morgan fingerprint density at radius 2 is 1.82 bits per heavy atom. The molecule has 1 aromatic rings. The van der Waals surface area contributed by atoms with Gasteiger partial charge in [0.1, 0.15) is 18.0 Å². The number of amides is 2. The van der Waals surface area contributed by atoms with Crippen molar-refractivity contribution in [2.75, 3.05) is 13.4 Å². The SMILES string of the molecule is CC(=O)OCOC(=O)C1C(COC(C)=O)=CS[C@@H]2C(NC(=O)c3ccccc3C#N)C(=O)N12. The van der Waals surface area contributed by atoms with E-state index in [1.807, 2.05) is 6.07 Å². The largest absolute Gasteiger partial charge is 0.461 e. The second kappa shape index (κ2) is 10.2. The molecule has 1 N–H and O–H groups in total. The summed E-state index contributed by atoms with van der Waals surface area (Å²) in [4.78, 5) is 61.6. The third-order valence-electron chi connectivity index (χ3n) is 4.78. The minimum atomic E-state index is -1.22. The summed E-state index contributed by atoms with van der Waals surface area (Å²) < 4.78 is 14.5.